The van der Waals surface area contributed by atoms with E-state index in [9.17, 15) is 34.6 Å². The third-order valence-corrected chi connectivity index (χ3v) is 6.54. The number of nitro benzene ring substituents is 2. The van der Waals surface area contributed by atoms with E-state index >= 15 is 0 Å². The van der Waals surface area contributed by atoms with E-state index in [0.29, 0.717) is 0 Å². The predicted octanol–water partition coefficient (Wildman–Crippen LogP) is 2.42. The summed E-state index contributed by atoms with van der Waals surface area (Å²) in [4.78, 5) is 60.1. The lowest BCUT2D eigenvalue weighted by atomic mass is 9.65. The number of imide groups is 2. The summed E-state index contributed by atoms with van der Waals surface area (Å²) in [6.07, 6.45) is 0. The second kappa shape index (κ2) is 8.72. The van der Waals surface area contributed by atoms with Crippen LogP contribution in [0.3, 0.4) is 0 Å². The average Bonchev–Trinajstić information content (AvgIpc) is 2.77. The van der Waals surface area contributed by atoms with Crippen molar-refractivity contribution < 1.29 is 24.2 Å². The van der Waals surface area contributed by atoms with Crippen LogP contribution in [0.4, 0.5) is 16.2 Å². The van der Waals surface area contributed by atoms with Gasteiger partial charge in [-0.2, -0.15) is 0 Å². The molecule has 0 bridgehead atoms. The summed E-state index contributed by atoms with van der Waals surface area (Å²) in [5, 5.41) is 32.1. The maximum absolute atomic E-state index is 13.4. The van der Waals surface area contributed by atoms with Gasteiger partial charge in [-0.1, -0.05) is 35.3 Å². The van der Waals surface area contributed by atoms with E-state index in [1.807, 2.05) is 10.6 Å². The molecule has 2 aliphatic heterocycles. The first kappa shape index (κ1) is 24.3. The first-order chi connectivity index (χ1) is 16.5. The molecule has 16 heteroatoms. The second-order valence-corrected chi connectivity index (χ2v) is 8.75. The third-order valence-electron chi connectivity index (χ3n) is 5.67. The van der Waals surface area contributed by atoms with Crippen molar-refractivity contribution in [2.45, 2.75) is 12.1 Å². The van der Waals surface area contributed by atoms with E-state index in [4.69, 9.17) is 35.4 Å². The van der Waals surface area contributed by atoms with Crippen molar-refractivity contribution in [3.63, 3.8) is 0 Å². The minimum absolute atomic E-state index is 0.0677. The van der Waals surface area contributed by atoms with E-state index in [-0.39, 0.29) is 26.3 Å². The van der Waals surface area contributed by atoms with Crippen molar-refractivity contribution in [3.05, 3.63) is 77.8 Å². The van der Waals surface area contributed by atoms with Crippen molar-refractivity contribution in [2.24, 2.45) is 5.41 Å². The lowest BCUT2D eigenvalue weighted by molar-refractivity contribution is -0.384. The highest BCUT2D eigenvalue weighted by molar-refractivity contribution is 7.80. The van der Waals surface area contributed by atoms with E-state index in [1.54, 1.807) is 0 Å². The molecule has 4 amide bonds. The average molecular weight is 539 g/mol. The zero-order valence-corrected chi connectivity index (χ0v) is 19.4. The predicted molar refractivity (Wildman–Crippen MR) is 125 cm³/mol. The van der Waals surface area contributed by atoms with Gasteiger partial charge in [-0.05, 0) is 35.5 Å². The van der Waals surface area contributed by atoms with Gasteiger partial charge in [0.1, 0.15) is 10.0 Å². The number of hydrogen-bond acceptors (Lipinski definition) is 8. The van der Waals surface area contributed by atoms with Crippen LogP contribution in [0.15, 0.2) is 36.4 Å². The van der Waals surface area contributed by atoms with Gasteiger partial charge in [0, 0.05) is 12.1 Å². The minimum Gasteiger partial charge on any atom is -0.354 e. The number of urea groups is 1. The normalized spacial score (nSPS) is 21.0. The molecule has 1 spiro atoms. The van der Waals surface area contributed by atoms with Gasteiger partial charge < -0.3 is 10.6 Å². The highest BCUT2D eigenvalue weighted by atomic mass is 35.5. The fourth-order valence-corrected chi connectivity index (χ4v) is 4.77. The van der Waals surface area contributed by atoms with Gasteiger partial charge in [0.2, 0.25) is 11.8 Å². The summed E-state index contributed by atoms with van der Waals surface area (Å²) in [5.74, 6) is -2.14. The molecule has 2 aliphatic rings. The number of nitro groups is 2. The van der Waals surface area contributed by atoms with Gasteiger partial charge in [0.25, 0.3) is 11.4 Å². The molecule has 0 aliphatic carbocycles. The lowest BCUT2D eigenvalue weighted by Gasteiger charge is -2.49. The highest BCUT2D eigenvalue weighted by Gasteiger charge is 2.64. The van der Waals surface area contributed by atoms with Crippen LogP contribution in [0.2, 0.25) is 10.0 Å². The van der Waals surface area contributed by atoms with Crippen LogP contribution in [-0.4, -0.2) is 32.8 Å². The number of benzene rings is 2. The summed E-state index contributed by atoms with van der Waals surface area (Å²) >= 11 is 17.1. The number of carbonyl (C=O) groups is 3. The molecule has 2 aromatic carbocycles. The molecule has 2 atom stereocenters. The van der Waals surface area contributed by atoms with Crippen LogP contribution in [0.5, 0.6) is 0 Å². The maximum atomic E-state index is 13.4. The largest absolute Gasteiger partial charge is 0.354 e. The molecular formula is C19H12Cl2N6O7S. The number of amides is 4. The van der Waals surface area contributed by atoms with Gasteiger partial charge in [-0.25, -0.2) is 4.79 Å². The fourth-order valence-electron chi connectivity index (χ4n) is 4.16. The summed E-state index contributed by atoms with van der Waals surface area (Å²) in [6, 6.07) is 3.44. The van der Waals surface area contributed by atoms with E-state index in [2.05, 4.69) is 10.6 Å². The Morgan fingerprint density at radius 2 is 1.20 bits per heavy atom. The number of nitrogens with one attached hydrogen (secondary N) is 4. The van der Waals surface area contributed by atoms with Crippen LogP contribution in [-0.2, 0) is 9.59 Å². The number of rotatable bonds is 4. The smallest absolute Gasteiger partial charge is 0.328 e. The Morgan fingerprint density at radius 1 is 0.800 bits per heavy atom. The van der Waals surface area contributed by atoms with E-state index in [1.165, 1.54) is 24.3 Å². The van der Waals surface area contributed by atoms with Crippen LogP contribution in [0, 0.1) is 25.6 Å². The van der Waals surface area contributed by atoms with Gasteiger partial charge >= 0.3 is 6.03 Å². The first-order valence-electron chi connectivity index (χ1n) is 9.58. The van der Waals surface area contributed by atoms with Crippen molar-refractivity contribution >= 4 is 69.8 Å². The van der Waals surface area contributed by atoms with Gasteiger partial charge in [-0.15, -0.1) is 0 Å². The molecule has 2 aromatic rings. The van der Waals surface area contributed by atoms with E-state index < -0.39 is 56.6 Å². The standard InChI is InChI=1S/C19H12Cl2N6O7S/c20-9-3-1-7(5-11(9)26(31)32)13-19(15(28)24-17(30)25-16(19)29)14(23-18(35)22-13)8-2-4-10(21)12(6-8)27(33)34/h1-6,13-14H,(H2,22,23,35)(H2,24,25,28,29,30)/t13-,14+. The molecule has 2 fully saturated rings. The number of halogens is 2. The van der Waals surface area contributed by atoms with Crippen molar-refractivity contribution in [2.75, 3.05) is 0 Å². The summed E-state index contributed by atoms with van der Waals surface area (Å²) in [6.45, 7) is 0. The quantitative estimate of drug-likeness (QED) is 0.195. The van der Waals surface area contributed by atoms with Crippen molar-refractivity contribution in [1.82, 2.24) is 21.3 Å². The third kappa shape index (κ3) is 3.90. The molecule has 0 unspecified atom stereocenters. The topological polar surface area (TPSA) is 186 Å². The summed E-state index contributed by atoms with van der Waals surface area (Å²) in [5.41, 5.74) is -3.11. The van der Waals surface area contributed by atoms with Crippen molar-refractivity contribution in [3.8, 4) is 0 Å². The Kier molecular flexibility index (Phi) is 6.04. The molecule has 2 heterocycles. The number of nitrogens with zero attached hydrogens (tertiary/aromatic N) is 2. The number of hydrogen-bond donors (Lipinski definition) is 4. The molecule has 0 saturated carbocycles. The lowest BCUT2D eigenvalue weighted by Crippen LogP contribution is -2.73. The number of thiocarbonyl (C=S) groups is 1. The Labute approximate surface area is 210 Å². The second-order valence-electron chi connectivity index (χ2n) is 7.53. The first-order valence-corrected chi connectivity index (χ1v) is 10.7. The monoisotopic (exact) mass is 538 g/mol. The molecule has 4 N–H and O–H groups in total. The zero-order chi connectivity index (χ0) is 25.7. The number of barbiturate groups is 1. The molecular weight excluding hydrogens is 527 g/mol. The van der Waals surface area contributed by atoms with Crippen LogP contribution in [0.1, 0.15) is 23.2 Å². The fraction of sp³-hybridized carbons (Fsp3) is 0.158. The SMILES string of the molecule is O=C1NC(=O)C2(C(=O)N1)[C@@H](c1ccc(Cl)c([N+](=O)[O-])c1)NC(=S)N[C@H]2c1ccc(Cl)c([N+](=O)[O-])c1. The van der Waals surface area contributed by atoms with Crippen LogP contribution in [0.25, 0.3) is 0 Å². The molecule has 13 nitrogen and oxygen atoms in total. The zero-order valence-electron chi connectivity index (χ0n) is 17.0. The van der Waals surface area contributed by atoms with Gasteiger partial charge in [-0.3, -0.25) is 40.5 Å². The van der Waals surface area contributed by atoms with Crippen LogP contribution >= 0.6 is 35.4 Å². The summed E-state index contributed by atoms with van der Waals surface area (Å²) < 4.78 is 0. The molecule has 35 heavy (non-hydrogen) atoms. The molecule has 0 aromatic heterocycles. The van der Waals surface area contributed by atoms with Crippen LogP contribution < -0.4 is 21.3 Å². The Morgan fingerprint density at radius 3 is 1.57 bits per heavy atom. The maximum Gasteiger partial charge on any atom is 0.328 e. The highest BCUT2D eigenvalue weighted by Crippen LogP contribution is 2.49. The Bertz CT molecular complexity index is 1260. The van der Waals surface area contributed by atoms with Gasteiger partial charge in [0.15, 0.2) is 10.5 Å². The molecule has 4 rings (SSSR count). The number of carbonyl (C=O) groups excluding carboxylic acids is 3. The Hall–Kier alpha value is -3.88. The molecule has 0 radical (unpaired) electrons. The van der Waals surface area contributed by atoms with Gasteiger partial charge in [0.05, 0.1) is 21.9 Å². The van der Waals surface area contributed by atoms with Crippen molar-refractivity contribution in [1.29, 1.82) is 0 Å². The Balaban J connectivity index is 1.99. The van der Waals surface area contributed by atoms with E-state index in [0.717, 1.165) is 12.1 Å². The summed E-state index contributed by atoms with van der Waals surface area (Å²) in [7, 11) is 0. The minimum atomic E-state index is -2.24. The molecule has 2 saturated heterocycles. The molecule has 180 valence electrons.